The largest absolute Gasteiger partial charge is 0.497 e. The number of H-pyrrole nitrogens is 1. The predicted molar refractivity (Wildman–Crippen MR) is 88.2 cm³/mol. The van der Waals surface area contributed by atoms with Crippen molar-refractivity contribution in [3.8, 4) is 5.75 Å². The Morgan fingerprint density at radius 2 is 2.13 bits per heavy atom. The van der Waals surface area contributed by atoms with Gasteiger partial charge in [-0.2, -0.15) is 5.10 Å². The molecule has 3 rings (SSSR count). The average Bonchev–Trinajstić information content (AvgIpc) is 2.96. The lowest BCUT2D eigenvalue weighted by atomic mass is 10.00. The maximum absolute atomic E-state index is 12.8. The number of methoxy groups -OCH3 is 1. The van der Waals surface area contributed by atoms with E-state index < -0.39 is 0 Å². The first-order chi connectivity index (χ1) is 11.3. The summed E-state index contributed by atoms with van der Waals surface area (Å²) in [5, 5.41) is 6.70. The Morgan fingerprint density at radius 1 is 1.30 bits per heavy atom. The van der Waals surface area contributed by atoms with Crippen molar-refractivity contribution in [1.29, 1.82) is 0 Å². The zero-order valence-electron chi connectivity index (χ0n) is 13.5. The Morgan fingerprint density at radius 3 is 2.83 bits per heavy atom. The predicted octanol–water partition coefficient (Wildman–Crippen LogP) is 3.10. The summed E-state index contributed by atoms with van der Waals surface area (Å²) < 4.78 is 5.23. The van der Waals surface area contributed by atoms with E-state index in [1.165, 1.54) is 12.0 Å². The zero-order chi connectivity index (χ0) is 16.1. The summed E-state index contributed by atoms with van der Waals surface area (Å²) in [6.07, 6.45) is 8.35. The summed E-state index contributed by atoms with van der Waals surface area (Å²) in [5.41, 5.74) is 2.13. The molecule has 1 aromatic carbocycles. The molecule has 5 nitrogen and oxygen atoms in total. The minimum atomic E-state index is 0.155. The van der Waals surface area contributed by atoms with Crippen molar-refractivity contribution in [2.45, 2.75) is 38.1 Å². The number of amides is 1. The second kappa shape index (κ2) is 7.31. The Hall–Kier alpha value is -2.30. The molecule has 1 aromatic heterocycles. The molecule has 0 aliphatic carbocycles. The third-order valence-electron chi connectivity index (χ3n) is 4.48. The normalized spacial score (nSPS) is 18.5. The number of hydrogen-bond donors (Lipinski definition) is 1. The van der Waals surface area contributed by atoms with Gasteiger partial charge in [0.1, 0.15) is 5.75 Å². The molecule has 2 heterocycles. The van der Waals surface area contributed by atoms with Gasteiger partial charge < -0.3 is 9.64 Å². The molecular weight excluding hydrogens is 290 g/mol. The minimum absolute atomic E-state index is 0.155. The van der Waals surface area contributed by atoms with Crippen molar-refractivity contribution in [1.82, 2.24) is 15.1 Å². The van der Waals surface area contributed by atoms with E-state index in [9.17, 15) is 4.79 Å². The summed E-state index contributed by atoms with van der Waals surface area (Å²) in [5.74, 6) is 1.02. The molecule has 0 bridgehead atoms. The number of carbonyl (C=O) groups excluding carboxylic acids is 1. The maximum Gasteiger partial charge on any atom is 0.227 e. The van der Waals surface area contributed by atoms with Crippen LogP contribution in [0, 0.1) is 0 Å². The Labute approximate surface area is 136 Å². The third-order valence-corrected chi connectivity index (χ3v) is 4.48. The molecule has 2 aromatic rings. The van der Waals surface area contributed by atoms with Crippen LogP contribution in [0.15, 0.2) is 36.7 Å². The van der Waals surface area contributed by atoms with Gasteiger partial charge in [-0.05, 0) is 36.1 Å². The maximum atomic E-state index is 12.8. The van der Waals surface area contributed by atoms with E-state index in [1.807, 2.05) is 17.0 Å². The fraction of sp³-hybridized carbons (Fsp3) is 0.444. The topological polar surface area (TPSA) is 58.2 Å². The third kappa shape index (κ3) is 3.73. The number of nitrogens with zero attached hydrogens (tertiary/aromatic N) is 2. The van der Waals surface area contributed by atoms with E-state index in [-0.39, 0.29) is 11.9 Å². The van der Waals surface area contributed by atoms with Crippen LogP contribution in [-0.4, -0.2) is 34.7 Å². The SMILES string of the molecule is COc1ccc(C2CCCCCN2C(=O)Cc2cn[nH]c2)cc1. The van der Waals surface area contributed by atoms with Crippen molar-refractivity contribution in [2.75, 3.05) is 13.7 Å². The van der Waals surface area contributed by atoms with Gasteiger partial charge in [0, 0.05) is 12.7 Å². The standard InChI is InChI=1S/C18H23N3O2/c1-23-16-8-6-15(7-9-16)17-5-3-2-4-10-21(17)18(22)11-14-12-19-20-13-14/h6-9,12-13,17H,2-5,10-11H2,1H3,(H,19,20). The molecule has 1 aliphatic rings. The lowest BCUT2D eigenvalue weighted by molar-refractivity contribution is -0.132. The highest BCUT2D eigenvalue weighted by molar-refractivity contribution is 5.79. The van der Waals surface area contributed by atoms with Crippen LogP contribution in [0.5, 0.6) is 5.75 Å². The second-order valence-electron chi connectivity index (χ2n) is 6.01. The summed E-state index contributed by atoms with van der Waals surface area (Å²) in [4.78, 5) is 14.8. The molecule has 122 valence electrons. The smallest absolute Gasteiger partial charge is 0.227 e. The number of likely N-dealkylation sites (tertiary alicyclic amines) is 1. The summed E-state index contributed by atoms with van der Waals surface area (Å²) in [6, 6.07) is 8.25. The average molecular weight is 313 g/mol. The first-order valence-electron chi connectivity index (χ1n) is 8.19. The highest BCUT2D eigenvalue weighted by Crippen LogP contribution is 2.31. The van der Waals surface area contributed by atoms with Crippen molar-refractivity contribution >= 4 is 5.91 Å². The van der Waals surface area contributed by atoms with Crippen LogP contribution in [0.2, 0.25) is 0 Å². The van der Waals surface area contributed by atoms with Crippen LogP contribution < -0.4 is 4.74 Å². The van der Waals surface area contributed by atoms with E-state index in [0.29, 0.717) is 6.42 Å². The van der Waals surface area contributed by atoms with E-state index >= 15 is 0 Å². The number of aromatic nitrogens is 2. The molecule has 1 atom stereocenters. The van der Waals surface area contributed by atoms with Gasteiger partial charge >= 0.3 is 0 Å². The molecule has 1 aliphatic heterocycles. The van der Waals surface area contributed by atoms with Crippen LogP contribution in [0.25, 0.3) is 0 Å². The molecule has 1 N–H and O–H groups in total. The van der Waals surface area contributed by atoms with Crippen LogP contribution in [0.3, 0.4) is 0 Å². The van der Waals surface area contributed by atoms with E-state index in [2.05, 4.69) is 22.3 Å². The number of aromatic amines is 1. The monoisotopic (exact) mass is 313 g/mol. The van der Waals surface area contributed by atoms with Crippen molar-refractivity contribution < 1.29 is 9.53 Å². The van der Waals surface area contributed by atoms with Gasteiger partial charge in [-0.3, -0.25) is 9.89 Å². The molecule has 0 saturated carbocycles. The fourth-order valence-electron chi connectivity index (χ4n) is 3.23. The molecule has 0 spiro atoms. The fourth-order valence-corrected chi connectivity index (χ4v) is 3.23. The number of rotatable bonds is 4. The number of benzene rings is 1. The van der Waals surface area contributed by atoms with E-state index in [1.54, 1.807) is 19.5 Å². The summed E-state index contributed by atoms with van der Waals surface area (Å²) in [6.45, 7) is 0.827. The lowest BCUT2D eigenvalue weighted by Gasteiger charge is -2.30. The van der Waals surface area contributed by atoms with Crippen LogP contribution >= 0.6 is 0 Å². The van der Waals surface area contributed by atoms with Crippen molar-refractivity contribution in [2.24, 2.45) is 0 Å². The molecule has 1 unspecified atom stereocenters. The van der Waals surface area contributed by atoms with Crippen LogP contribution in [0.4, 0.5) is 0 Å². The van der Waals surface area contributed by atoms with Gasteiger partial charge in [-0.1, -0.05) is 25.0 Å². The highest BCUT2D eigenvalue weighted by Gasteiger charge is 2.26. The lowest BCUT2D eigenvalue weighted by Crippen LogP contribution is -2.35. The Bertz CT molecular complexity index is 622. The van der Waals surface area contributed by atoms with Gasteiger partial charge in [-0.25, -0.2) is 0 Å². The first kappa shape index (κ1) is 15.6. The van der Waals surface area contributed by atoms with Gasteiger partial charge in [0.2, 0.25) is 5.91 Å². The molecule has 1 saturated heterocycles. The molecular formula is C18H23N3O2. The molecule has 1 amide bonds. The number of ether oxygens (including phenoxy) is 1. The van der Waals surface area contributed by atoms with Gasteiger partial charge in [-0.15, -0.1) is 0 Å². The second-order valence-corrected chi connectivity index (χ2v) is 6.01. The van der Waals surface area contributed by atoms with E-state index in [0.717, 1.165) is 37.1 Å². The van der Waals surface area contributed by atoms with Crippen molar-refractivity contribution in [3.05, 3.63) is 47.8 Å². The zero-order valence-corrected chi connectivity index (χ0v) is 13.5. The molecule has 1 fully saturated rings. The Balaban J connectivity index is 1.80. The summed E-state index contributed by atoms with van der Waals surface area (Å²) in [7, 11) is 1.67. The van der Waals surface area contributed by atoms with Crippen molar-refractivity contribution in [3.63, 3.8) is 0 Å². The minimum Gasteiger partial charge on any atom is -0.497 e. The molecule has 23 heavy (non-hydrogen) atoms. The van der Waals surface area contributed by atoms with Gasteiger partial charge in [0.15, 0.2) is 0 Å². The first-order valence-corrected chi connectivity index (χ1v) is 8.19. The Kier molecular flexibility index (Phi) is 4.95. The van der Waals surface area contributed by atoms with Crippen LogP contribution in [-0.2, 0) is 11.2 Å². The van der Waals surface area contributed by atoms with Gasteiger partial charge in [0.25, 0.3) is 0 Å². The number of hydrogen-bond acceptors (Lipinski definition) is 3. The number of nitrogens with one attached hydrogen (secondary N) is 1. The van der Waals surface area contributed by atoms with E-state index in [4.69, 9.17) is 4.74 Å². The van der Waals surface area contributed by atoms with Crippen LogP contribution in [0.1, 0.15) is 42.9 Å². The molecule has 5 heteroatoms. The quantitative estimate of drug-likeness (QED) is 0.943. The number of carbonyl (C=O) groups is 1. The van der Waals surface area contributed by atoms with Gasteiger partial charge in [0.05, 0.1) is 25.8 Å². The summed E-state index contributed by atoms with van der Waals surface area (Å²) >= 11 is 0. The highest BCUT2D eigenvalue weighted by atomic mass is 16.5. The molecule has 0 radical (unpaired) electrons.